The molecular formula is C25H27N5O3. The van der Waals surface area contributed by atoms with Crippen LogP contribution in [-0.2, 0) is 9.53 Å². The van der Waals surface area contributed by atoms with Crippen LogP contribution in [0, 0.1) is 6.92 Å². The Balaban J connectivity index is 1.45. The normalized spacial score (nSPS) is 18.9. The number of carbonyl (C=O) groups is 2. The molecule has 8 heteroatoms. The highest BCUT2D eigenvalue weighted by molar-refractivity contribution is 5.97. The summed E-state index contributed by atoms with van der Waals surface area (Å²) in [7, 11) is 0. The molecule has 1 unspecified atom stereocenters. The van der Waals surface area contributed by atoms with Crippen LogP contribution in [-0.4, -0.2) is 65.6 Å². The third kappa shape index (κ3) is 4.15. The van der Waals surface area contributed by atoms with E-state index in [2.05, 4.69) is 27.4 Å². The number of hydrogen-bond acceptors (Lipinski definition) is 5. The molecule has 5 rings (SSSR count). The van der Waals surface area contributed by atoms with E-state index < -0.39 is 0 Å². The Morgan fingerprint density at radius 1 is 1.15 bits per heavy atom. The number of morpholine rings is 1. The molecule has 0 bridgehead atoms. The third-order valence-corrected chi connectivity index (χ3v) is 6.40. The standard InChI is InChI=1S/C25H27N5O3/c1-15-22(18-6-7-27-21(13-18)23(26)31)20-12-19(14-28-24(20)29-15)16-2-4-17(5-3-16)25(32)30-8-10-33-11-9-30/h2-6,12,14,21,27H,7-11,13H2,1H3,(H2,26,31)(H,28,29). The number of nitrogens with two attached hydrogens (primary N) is 1. The fourth-order valence-corrected chi connectivity index (χ4v) is 4.63. The first kappa shape index (κ1) is 21.4. The molecule has 2 aromatic heterocycles. The van der Waals surface area contributed by atoms with Crippen LogP contribution in [0.15, 0.2) is 42.6 Å². The maximum Gasteiger partial charge on any atom is 0.254 e. The van der Waals surface area contributed by atoms with Crippen molar-refractivity contribution in [3.63, 3.8) is 0 Å². The van der Waals surface area contributed by atoms with Crippen LogP contribution in [0.2, 0.25) is 0 Å². The molecular weight excluding hydrogens is 418 g/mol. The molecule has 2 amide bonds. The monoisotopic (exact) mass is 445 g/mol. The van der Waals surface area contributed by atoms with Crippen LogP contribution in [0.3, 0.4) is 0 Å². The molecule has 170 valence electrons. The number of aryl methyl sites for hydroxylation is 1. The van der Waals surface area contributed by atoms with E-state index in [4.69, 9.17) is 10.5 Å². The Bertz CT molecular complexity index is 1240. The van der Waals surface area contributed by atoms with Gasteiger partial charge >= 0.3 is 0 Å². The molecule has 8 nitrogen and oxygen atoms in total. The average Bonchev–Trinajstić information content (AvgIpc) is 3.19. The van der Waals surface area contributed by atoms with Crippen molar-refractivity contribution in [2.75, 3.05) is 32.8 Å². The molecule has 33 heavy (non-hydrogen) atoms. The maximum absolute atomic E-state index is 12.7. The van der Waals surface area contributed by atoms with Crippen LogP contribution in [0.25, 0.3) is 27.7 Å². The molecule has 1 saturated heterocycles. The molecule has 0 saturated carbocycles. The first-order chi connectivity index (χ1) is 16.0. The third-order valence-electron chi connectivity index (χ3n) is 6.40. The number of hydrogen-bond donors (Lipinski definition) is 3. The summed E-state index contributed by atoms with van der Waals surface area (Å²) in [6, 6.07) is 9.40. The minimum Gasteiger partial charge on any atom is -0.378 e. The Hall–Kier alpha value is -3.49. The van der Waals surface area contributed by atoms with Crippen molar-refractivity contribution in [1.82, 2.24) is 20.2 Å². The second-order valence-electron chi connectivity index (χ2n) is 8.52. The van der Waals surface area contributed by atoms with Crippen LogP contribution >= 0.6 is 0 Å². The molecule has 2 aliphatic heterocycles. The topological polar surface area (TPSA) is 113 Å². The van der Waals surface area contributed by atoms with E-state index in [1.807, 2.05) is 42.3 Å². The van der Waals surface area contributed by atoms with E-state index in [-0.39, 0.29) is 17.9 Å². The van der Waals surface area contributed by atoms with Crippen LogP contribution in [0.4, 0.5) is 0 Å². The number of ether oxygens (including phenoxy) is 1. The van der Waals surface area contributed by atoms with Gasteiger partial charge in [0.05, 0.1) is 19.3 Å². The van der Waals surface area contributed by atoms with E-state index in [1.165, 1.54) is 0 Å². The summed E-state index contributed by atoms with van der Waals surface area (Å²) in [6.07, 6.45) is 4.49. The van der Waals surface area contributed by atoms with E-state index in [0.29, 0.717) is 44.8 Å². The van der Waals surface area contributed by atoms with Gasteiger partial charge in [0.1, 0.15) is 5.65 Å². The summed E-state index contributed by atoms with van der Waals surface area (Å²) in [6.45, 7) is 5.03. The molecule has 2 aliphatic rings. The molecule has 0 spiro atoms. The first-order valence-corrected chi connectivity index (χ1v) is 11.2. The number of primary amides is 1. The molecule has 4 heterocycles. The minimum absolute atomic E-state index is 0.0313. The van der Waals surface area contributed by atoms with Gasteiger partial charge in [0.25, 0.3) is 5.91 Å². The Morgan fingerprint density at radius 2 is 1.91 bits per heavy atom. The van der Waals surface area contributed by atoms with Crippen molar-refractivity contribution in [3.05, 3.63) is 59.4 Å². The number of H-pyrrole nitrogens is 1. The second kappa shape index (κ2) is 8.80. The fourth-order valence-electron chi connectivity index (χ4n) is 4.63. The fraction of sp³-hybridized carbons (Fsp3) is 0.320. The summed E-state index contributed by atoms with van der Waals surface area (Å²) in [4.78, 5) is 34.3. The highest BCUT2D eigenvalue weighted by Gasteiger charge is 2.24. The zero-order valence-corrected chi connectivity index (χ0v) is 18.6. The zero-order valence-electron chi connectivity index (χ0n) is 18.6. The minimum atomic E-state index is -0.373. The number of aromatic nitrogens is 2. The molecule has 1 aromatic carbocycles. The lowest BCUT2D eigenvalue weighted by Crippen LogP contribution is -2.43. The van der Waals surface area contributed by atoms with E-state index in [0.717, 1.165) is 39.0 Å². The van der Waals surface area contributed by atoms with Crippen molar-refractivity contribution in [3.8, 4) is 11.1 Å². The van der Waals surface area contributed by atoms with Crippen molar-refractivity contribution in [2.24, 2.45) is 5.73 Å². The lowest BCUT2D eigenvalue weighted by Gasteiger charge is -2.26. The van der Waals surface area contributed by atoms with Gasteiger partial charge in [-0.05, 0) is 42.7 Å². The highest BCUT2D eigenvalue weighted by Crippen LogP contribution is 2.34. The van der Waals surface area contributed by atoms with Gasteiger partial charge < -0.3 is 25.7 Å². The number of aromatic amines is 1. The van der Waals surface area contributed by atoms with Gasteiger partial charge in [-0.1, -0.05) is 18.2 Å². The van der Waals surface area contributed by atoms with E-state index in [9.17, 15) is 9.59 Å². The van der Waals surface area contributed by atoms with Gasteiger partial charge in [-0.15, -0.1) is 0 Å². The number of fused-ring (bicyclic) bond motifs is 1. The Labute approximate surface area is 191 Å². The number of amides is 2. The summed E-state index contributed by atoms with van der Waals surface area (Å²) in [5.41, 5.74) is 12.1. The number of pyridine rings is 1. The SMILES string of the molecule is Cc1[nH]c2ncc(-c3ccc(C(=O)N4CCOCC4)cc3)cc2c1C1=CCNC(C(N)=O)C1. The molecule has 3 aromatic rings. The molecule has 1 fully saturated rings. The maximum atomic E-state index is 12.7. The van der Waals surface area contributed by atoms with Gasteiger partial charge in [-0.2, -0.15) is 0 Å². The van der Waals surface area contributed by atoms with Crippen molar-refractivity contribution in [1.29, 1.82) is 0 Å². The Kier molecular flexibility index (Phi) is 5.70. The zero-order chi connectivity index (χ0) is 22.9. The molecule has 1 atom stereocenters. The summed E-state index contributed by atoms with van der Waals surface area (Å²) in [5.74, 6) is -0.313. The van der Waals surface area contributed by atoms with Crippen molar-refractivity contribution >= 4 is 28.4 Å². The number of rotatable bonds is 4. The first-order valence-electron chi connectivity index (χ1n) is 11.2. The van der Waals surface area contributed by atoms with Crippen LogP contribution in [0.1, 0.15) is 28.0 Å². The number of benzene rings is 1. The highest BCUT2D eigenvalue weighted by atomic mass is 16.5. The van der Waals surface area contributed by atoms with Crippen molar-refractivity contribution < 1.29 is 14.3 Å². The number of carbonyl (C=O) groups excluding carboxylic acids is 2. The van der Waals surface area contributed by atoms with Gasteiger partial charge in [-0.25, -0.2) is 4.98 Å². The summed E-state index contributed by atoms with van der Waals surface area (Å²) < 4.78 is 5.34. The van der Waals surface area contributed by atoms with Gasteiger partial charge in [0.15, 0.2) is 0 Å². The molecule has 0 aliphatic carbocycles. The molecule has 0 radical (unpaired) electrons. The largest absolute Gasteiger partial charge is 0.378 e. The number of nitrogens with one attached hydrogen (secondary N) is 2. The number of nitrogens with zero attached hydrogens (tertiary/aromatic N) is 2. The lowest BCUT2D eigenvalue weighted by molar-refractivity contribution is -0.119. The molecule has 4 N–H and O–H groups in total. The van der Waals surface area contributed by atoms with Gasteiger partial charge in [0, 0.05) is 53.6 Å². The summed E-state index contributed by atoms with van der Waals surface area (Å²) in [5, 5.41) is 4.15. The average molecular weight is 446 g/mol. The smallest absolute Gasteiger partial charge is 0.254 e. The summed E-state index contributed by atoms with van der Waals surface area (Å²) >= 11 is 0. The quantitative estimate of drug-likeness (QED) is 0.570. The lowest BCUT2D eigenvalue weighted by atomic mass is 9.92. The van der Waals surface area contributed by atoms with E-state index in [1.54, 1.807) is 0 Å². The van der Waals surface area contributed by atoms with Crippen LogP contribution < -0.4 is 11.1 Å². The second-order valence-corrected chi connectivity index (χ2v) is 8.52. The predicted octanol–water partition coefficient (Wildman–Crippen LogP) is 2.24. The predicted molar refractivity (Wildman–Crippen MR) is 127 cm³/mol. The van der Waals surface area contributed by atoms with Crippen LogP contribution in [0.5, 0.6) is 0 Å². The van der Waals surface area contributed by atoms with Gasteiger partial charge in [-0.3, -0.25) is 9.59 Å². The van der Waals surface area contributed by atoms with Gasteiger partial charge in [0.2, 0.25) is 5.91 Å². The van der Waals surface area contributed by atoms with Crippen molar-refractivity contribution in [2.45, 2.75) is 19.4 Å². The Morgan fingerprint density at radius 3 is 2.64 bits per heavy atom. The van der Waals surface area contributed by atoms with E-state index >= 15 is 0 Å².